The van der Waals surface area contributed by atoms with Crippen molar-refractivity contribution in [2.45, 2.75) is 25.6 Å². The number of hydrogen-bond acceptors (Lipinski definition) is 6. The van der Waals surface area contributed by atoms with Gasteiger partial charge in [0.15, 0.2) is 0 Å². The van der Waals surface area contributed by atoms with Crippen LogP contribution in [-0.2, 0) is 17.4 Å². The Morgan fingerprint density at radius 3 is 2.49 bits per heavy atom. The fourth-order valence-corrected chi connectivity index (χ4v) is 5.83. The van der Waals surface area contributed by atoms with Crippen LogP contribution in [0.15, 0.2) is 66.0 Å². The number of fused-ring (bicyclic) bond motifs is 4. The molecule has 4 heterocycles. The van der Waals surface area contributed by atoms with Crippen LogP contribution in [0.3, 0.4) is 0 Å². The van der Waals surface area contributed by atoms with Crippen LogP contribution < -0.4 is 14.8 Å². The molecule has 7 nitrogen and oxygen atoms in total. The lowest BCUT2D eigenvalue weighted by Gasteiger charge is -2.53. The SMILES string of the molecule is CC1=NN(c2ccc(Cl)cc2)C(=O)[C@@]12Cc1cc(C(F)(F)F)ccc1N1CCN(c3ncccn3)C[C@H]12. The molecule has 3 aromatic rings. The number of hydrazone groups is 1. The molecule has 0 bridgehead atoms. The average Bonchev–Trinajstić information content (AvgIpc) is 3.14. The van der Waals surface area contributed by atoms with Crippen LogP contribution in [-0.4, -0.2) is 47.3 Å². The quantitative estimate of drug-likeness (QED) is 0.479. The summed E-state index contributed by atoms with van der Waals surface area (Å²) in [6, 6.07) is 11.9. The summed E-state index contributed by atoms with van der Waals surface area (Å²) < 4.78 is 40.9. The molecule has 6 rings (SSSR count). The Kier molecular flexibility index (Phi) is 5.41. The zero-order chi connectivity index (χ0) is 25.9. The maximum absolute atomic E-state index is 14.2. The fourth-order valence-electron chi connectivity index (χ4n) is 5.70. The number of piperazine rings is 1. The standard InChI is InChI=1S/C26H22ClF3N6O/c1-16-25(23(37)36(33-16)20-6-4-19(27)5-7-20)14-17-13-18(26(28,29)30)3-8-21(17)35-12-11-34(15-22(25)35)24-31-9-2-10-32-24/h2-10,13,22H,11-12,14-15H2,1H3/t22-,25-/m0/s1. The number of anilines is 3. The Hall–Kier alpha value is -3.66. The largest absolute Gasteiger partial charge is 0.416 e. The normalized spacial score (nSPS) is 23.3. The van der Waals surface area contributed by atoms with Crippen molar-refractivity contribution in [1.82, 2.24) is 9.97 Å². The van der Waals surface area contributed by atoms with Crippen molar-refractivity contribution in [3.05, 3.63) is 77.1 Å². The zero-order valence-corrected chi connectivity index (χ0v) is 20.5. The van der Waals surface area contributed by atoms with E-state index >= 15 is 0 Å². The Morgan fingerprint density at radius 2 is 1.78 bits per heavy atom. The zero-order valence-electron chi connectivity index (χ0n) is 19.8. The number of aromatic nitrogens is 2. The van der Waals surface area contributed by atoms with Crippen molar-refractivity contribution in [3.63, 3.8) is 0 Å². The predicted molar refractivity (Wildman–Crippen MR) is 135 cm³/mol. The van der Waals surface area contributed by atoms with Crippen LogP contribution in [0.5, 0.6) is 0 Å². The van der Waals surface area contributed by atoms with E-state index in [0.29, 0.717) is 53.3 Å². The molecular formula is C26H22ClF3N6O. The molecule has 1 fully saturated rings. The highest BCUT2D eigenvalue weighted by Crippen LogP contribution is 2.49. The van der Waals surface area contributed by atoms with E-state index in [1.54, 1.807) is 49.6 Å². The molecule has 3 aliphatic rings. The fraction of sp³-hybridized carbons (Fsp3) is 0.308. The van der Waals surface area contributed by atoms with Crippen molar-refractivity contribution in [2.75, 3.05) is 34.4 Å². The molecule has 0 unspecified atom stereocenters. The van der Waals surface area contributed by atoms with E-state index in [4.69, 9.17) is 11.6 Å². The third-order valence-electron chi connectivity index (χ3n) is 7.51. The highest BCUT2D eigenvalue weighted by molar-refractivity contribution is 6.30. The molecule has 37 heavy (non-hydrogen) atoms. The van der Waals surface area contributed by atoms with E-state index in [2.05, 4.69) is 20.0 Å². The van der Waals surface area contributed by atoms with Gasteiger partial charge in [0.1, 0.15) is 5.41 Å². The van der Waals surface area contributed by atoms with Gasteiger partial charge in [0.2, 0.25) is 5.95 Å². The summed E-state index contributed by atoms with van der Waals surface area (Å²) in [5.74, 6) is 0.270. The maximum Gasteiger partial charge on any atom is 0.416 e. The van der Waals surface area contributed by atoms with E-state index < -0.39 is 17.2 Å². The van der Waals surface area contributed by atoms with Gasteiger partial charge >= 0.3 is 6.18 Å². The van der Waals surface area contributed by atoms with Gasteiger partial charge in [-0.05, 0) is 67.4 Å². The number of carbonyl (C=O) groups excluding carboxylic acids is 1. The van der Waals surface area contributed by atoms with Gasteiger partial charge < -0.3 is 9.80 Å². The van der Waals surface area contributed by atoms with Crippen LogP contribution in [0.25, 0.3) is 0 Å². The number of nitrogens with zero attached hydrogens (tertiary/aromatic N) is 6. The first-order valence-corrected chi connectivity index (χ1v) is 12.2. The van der Waals surface area contributed by atoms with Gasteiger partial charge in [-0.25, -0.2) is 9.97 Å². The number of alkyl halides is 3. The third-order valence-corrected chi connectivity index (χ3v) is 7.76. The van der Waals surface area contributed by atoms with Gasteiger partial charge in [0, 0.05) is 42.7 Å². The molecule has 0 N–H and O–H groups in total. The number of halogens is 4. The van der Waals surface area contributed by atoms with Crippen LogP contribution in [0.2, 0.25) is 5.02 Å². The summed E-state index contributed by atoms with van der Waals surface area (Å²) in [5, 5.41) is 6.51. The number of amides is 1. The summed E-state index contributed by atoms with van der Waals surface area (Å²) in [6.07, 6.45) is -1.06. The third kappa shape index (κ3) is 3.73. The smallest absolute Gasteiger partial charge is 0.363 e. The van der Waals surface area contributed by atoms with Crippen molar-refractivity contribution in [1.29, 1.82) is 0 Å². The highest BCUT2D eigenvalue weighted by atomic mass is 35.5. The minimum absolute atomic E-state index is 0.106. The summed E-state index contributed by atoms with van der Waals surface area (Å²) in [6.45, 7) is 3.24. The number of benzene rings is 2. The van der Waals surface area contributed by atoms with Crippen LogP contribution in [0.4, 0.5) is 30.5 Å². The molecule has 1 aromatic heterocycles. The lowest BCUT2D eigenvalue weighted by atomic mass is 9.67. The Balaban J connectivity index is 1.47. The highest BCUT2D eigenvalue weighted by Gasteiger charge is 2.60. The molecule has 1 spiro atoms. The van der Waals surface area contributed by atoms with Crippen LogP contribution in [0.1, 0.15) is 18.1 Å². The maximum atomic E-state index is 14.2. The molecule has 190 valence electrons. The first-order chi connectivity index (χ1) is 17.7. The van der Waals surface area contributed by atoms with E-state index in [0.717, 1.165) is 6.07 Å². The first kappa shape index (κ1) is 23.7. The van der Waals surface area contributed by atoms with Crippen molar-refractivity contribution < 1.29 is 18.0 Å². The number of carbonyl (C=O) groups is 1. The van der Waals surface area contributed by atoms with Crippen molar-refractivity contribution in [3.8, 4) is 0 Å². The number of hydrogen-bond donors (Lipinski definition) is 0. The molecule has 1 amide bonds. The number of rotatable bonds is 2. The Labute approximate surface area is 216 Å². The molecule has 11 heteroatoms. The molecule has 0 saturated carbocycles. The molecule has 2 aromatic carbocycles. The van der Waals surface area contributed by atoms with E-state index in [-0.39, 0.29) is 18.4 Å². The molecule has 3 aliphatic heterocycles. The molecule has 0 radical (unpaired) electrons. The minimum atomic E-state index is -4.49. The second-order valence-electron chi connectivity index (χ2n) is 9.47. The predicted octanol–water partition coefficient (Wildman–Crippen LogP) is 4.81. The molecular weight excluding hydrogens is 505 g/mol. The van der Waals surface area contributed by atoms with Crippen LogP contribution >= 0.6 is 11.6 Å². The van der Waals surface area contributed by atoms with E-state index in [1.165, 1.54) is 17.1 Å². The summed E-state index contributed by atoms with van der Waals surface area (Å²) in [4.78, 5) is 27.1. The van der Waals surface area contributed by atoms with Gasteiger partial charge in [-0.3, -0.25) is 4.79 Å². The molecule has 2 atom stereocenters. The molecule has 1 saturated heterocycles. The topological polar surface area (TPSA) is 64.9 Å². The van der Waals surface area contributed by atoms with E-state index in [1.807, 2.05) is 4.90 Å². The Bertz CT molecular complexity index is 1400. The van der Waals surface area contributed by atoms with Gasteiger partial charge in [-0.1, -0.05) is 11.6 Å². The summed E-state index contributed by atoms with van der Waals surface area (Å²) >= 11 is 6.04. The van der Waals surface area contributed by atoms with Crippen molar-refractivity contribution in [2.24, 2.45) is 10.5 Å². The lowest BCUT2D eigenvalue weighted by Crippen LogP contribution is -2.67. The lowest BCUT2D eigenvalue weighted by molar-refractivity contribution is -0.137. The monoisotopic (exact) mass is 526 g/mol. The Morgan fingerprint density at radius 1 is 1.05 bits per heavy atom. The average molecular weight is 527 g/mol. The summed E-state index contributed by atoms with van der Waals surface area (Å²) in [5.41, 5.74) is 0.405. The van der Waals surface area contributed by atoms with Gasteiger partial charge in [0.05, 0.1) is 23.0 Å². The van der Waals surface area contributed by atoms with Gasteiger partial charge in [-0.15, -0.1) is 0 Å². The second-order valence-corrected chi connectivity index (χ2v) is 9.91. The summed E-state index contributed by atoms with van der Waals surface area (Å²) in [7, 11) is 0. The van der Waals surface area contributed by atoms with E-state index in [9.17, 15) is 18.0 Å². The second kappa shape index (κ2) is 8.44. The molecule has 0 aliphatic carbocycles. The minimum Gasteiger partial charge on any atom is -0.363 e. The van der Waals surface area contributed by atoms with Crippen LogP contribution in [0, 0.1) is 5.41 Å². The van der Waals surface area contributed by atoms with Crippen molar-refractivity contribution >= 4 is 40.5 Å². The first-order valence-electron chi connectivity index (χ1n) is 11.8. The van der Waals surface area contributed by atoms with Gasteiger partial charge in [0.25, 0.3) is 5.91 Å². The van der Waals surface area contributed by atoms with Gasteiger partial charge in [-0.2, -0.15) is 23.3 Å².